The van der Waals surface area contributed by atoms with Crippen LogP contribution in [0.1, 0.15) is 11.3 Å². The van der Waals surface area contributed by atoms with Crippen LogP contribution in [0.2, 0.25) is 0 Å². The van der Waals surface area contributed by atoms with E-state index in [4.69, 9.17) is 15.3 Å². The van der Waals surface area contributed by atoms with Crippen LogP contribution in [0.4, 0.5) is 0 Å². The molecule has 0 aliphatic rings. The molecule has 0 aliphatic heterocycles. The Balaban J connectivity index is 2.21. The zero-order chi connectivity index (χ0) is 11.4. The second kappa shape index (κ2) is 4.92. The number of oxazole rings is 1. The molecule has 84 valence electrons. The van der Waals surface area contributed by atoms with Gasteiger partial charge in [0.05, 0.1) is 5.69 Å². The Morgan fingerprint density at radius 2 is 2.00 bits per heavy atom. The highest BCUT2D eigenvalue weighted by Gasteiger charge is 2.05. The minimum Gasteiger partial charge on any atom is -0.444 e. The largest absolute Gasteiger partial charge is 0.444 e. The van der Waals surface area contributed by atoms with Crippen LogP contribution < -0.4 is 5.73 Å². The van der Waals surface area contributed by atoms with Crippen LogP contribution in [-0.2, 0) is 13.0 Å². The van der Waals surface area contributed by atoms with Gasteiger partial charge in [-0.05, 0) is 17.7 Å². The third kappa shape index (κ3) is 2.29. The summed E-state index contributed by atoms with van der Waals surface area (Å²) in [6.07, 6.45) is 2.09. The molecule has 0 aliphatic carbocycles. The molecule has 1 heterocycles. The van der Waals surface area contributed by atoms with Crippen molar-refractivity contribution < 1.29 is 9.52 Å². The summed E-state index contributed by atoms with van der Waals surface area (Å²) in [5.41, 5.74) is 8.27. The fourth-order valence-electron chi connectivity index (χ4n) is 1.45. The lowest BCUT2D eigenvalue weighted by Crippen LogP contribution is -1.95. The third-order valence-electron chi connectivity index (χ3n) is 2.36. The molecule has 0 fully saturated rings. The number of aromatic nitrogens is 1. The lowest BCUT2D eigenvalue weighted by atomic mass is 10.1. The second-order valence-electron chi connectivity index (χ2n) is 3.52. The summed E-state index contributed by atoms with van der Waals surface area (Å²) in [6, 6.07) is 7.75. The van der Waals surface area contributed by atoms with Crippen LogP contribution in [0.15, 0.2) is 34.9 Å². The van der Waals surface area contributed by atoms with E-state index in [0.717, 1.165) is 16.8 Å². The van der Waals surface area contributed by atoms with Crippen LogP contribution in [0, 0.1) is 0 Å². The van der Waals surface area contributed by atoms with Crippen molar-refractivity contribution in [1.29, 1.82) is 0 Å². The van der Waals surface area contributed by atoms with Gasteiger partial charge in [-0.3, -0.25) is 0 Å². The maximum atomic E-state index is 8.77. The summed E-state index contributed by atoms with van der Waals surface area (Å²) in [7, 11) is 0. The lowest BCUT2D eigenvalue weighted by Gasteiger charge is -1.97. The van der Waals surface area contributed by atoms with Crippen LogP contribution in [0.25, 0.3) is 11.5 Å². The first-order chi connectivity index (χ1) is 7.83. The number of nitrogens with zero attached hydrogens (tertiary/aromatic N) is 1. The molecule has 2 rings (SSSR count). The molecular weight excluding hydrogens is 204 g/mol. The summed E-state index contributed by atoms with van der Waals surface area (Å²) in [4.78, 5) is 4.27. The van der Waals surface area contributed by atoms with E-state index in [2.05, 4.69) is 4.98 Å². The Hall–Kier alpha value is -1.65. The Bertz CT molecular complexity index is 448. The average Bonchev–Trinajstić information content (AvgIpc) is 2.78. The molecule has 0 unspecified atom stereocenters. The van der Waals surface area contributed by atoms with Gasteiger partial charge in [-0.25, -0.2) is 4.98 Å². The standard InChI is InChI=1S/C12H14N2O2/c13-7-9-1-3-10(4-2-9)12-14-11(5-6-15)8-16-12/h1-4,8,15H,5-7,13H2. The topological polar surface area (TPSA) is 72.3 Å². The van der Waals surface area contributed by atoms with Crippen molar-refractivity contribution in [3.63, 3.8) is 0 Å². The first kappa shape index (κ1) is 10.9. The van der Waals surface area contributed by atoms with Crippen molar-refractivity contribution in [3.8, 4) is 11.5 Å². The van der Waals surface area contributed by atoms with Gasteiger partial charge in [-0.15, -0.1) is 0 Å². The van der Waals surface area contributed by atoms with Gasteiger partial charge < -0.3 is 15.3 Å². The molecule has 0 saturated heterocycles. The van der Waals surface area contributed by atoms with Gasteiger partial charge in [0.15, 0.2) is 0 Å². The van der Waals surface area contributed by atoms with E-state index in [1.165, 1.54) is 0 Å². The molecular formula is C12H14N2O2. The van der Waals surface area contributed by atoms with Crippen molar-refractivity contribution in [2.24, 2.45) is 5.73 Å². The minimum absolute atomic E-state index is 0.0814. The van der Waals surface area contributed by atoms with Gasteiger partial charge in [0.2, 0.25) is 5.89 Å². The predicted molar refractivity (Wildman–Crippen MR) is 60.6 cm³/mol. The monoisotopic (exact) mass is 218 g/mol. The van der Waals surface area contributed by atoms with Crippen molar-refractivity contribution in [1.82, 2.24) is 4.98 Å². The number of aliphatic hydroxyl groups excluding tert-OH is 1. The molecule has 16 heavy (non-hydrogen) atoms. The number of rotatable bonds is 4. The first-order valence-corrected chi connectivity index (χ1v) is 5.18. The van der Waals surface area contributed by atoms with Crippen LogP contribution in [0.5, 0.6) is 0 Å². The summed E-state index contributed by atoms with van der Waals surface area (Å²) >= 11 is 0. The number of aliphatic hydroxyl groups is 1. The summed E-state index contributed by atoms with van der Waals surface area (Å²) < 4.78 is 5.32. The molecule has 0 radical (unpaired) electrons. The quantitative estimate of drug-likeness (QED) is 0.812. The third-order valence-corrected chi connectivity index (χ3v) is 2.36. The minimum atomic E-state index is 0.0814. The lowest BCUT2D eigenvalue weighted by molar-refractivity contribution is 0.298. The SMILES string of the molecule is NCc1ccc(-c2nc(CCO)co2)cc1. The smallest absolute Gasteiger partial charge is 0.226 e. The van der Waals surface area contributed by atoms with Gasteiger partial charge >= 0.3 is 0 Å². The van der Waals surface area contributed by atoms with E-state index in [1.807, 2.05) is 24.3 Å². The fourth-order valence-corrected chi connectivity index (χ4v) is 1.45. The van der Waals surface area contributed by atoms with E-state index >= 15 is 0 Å². The Labute approximate surface area is 93.7 Å². The molecule has 0 bridgehead atoms. The highest BCUT2D eigenvalue weighted by Crippen LogP contribution is 2.19. The Kier molecular flexibility index (Phi) is 3.34. The van der Waals surface area contributed by atoms with Gasteiger partial charge in [-0.2, -0.15) is 0 Å². The van der Waals surface area contributed by atoms with E-state index in [-0.39, 0.29) is 6.61 Å². The fraction of sp³-hybridized carbons (Fsp3) is 0.250. The van der Waals surface area contributed by atoms with Crippen molar-refractivity contribution in [3.05, 3.63) is 41.8 Å². The highest BCUT2D eigenvalue weighted by molar-refractivity contribution is 5.53. The van der Waals surface area contributed by atoms with Crippen LogP contribution in [0.3, 0.4) is 0 Å². The molecule has 0 saturated carbocycles. The van der Waals surface area contributed by atoms with Crippen molar-refractivity contribution in [2.45, 2.75) is 13.0 Å². The summed E-state index contributed by atoms with van der Waals surface area (Å²) in [5.74, 6) is 0.576. The first-order valence-electron chi connectivity index (χ1n) is 5.18. The molecule has 4 nitrogen and oxygen atoms in total. The zero-order valence-corrected chi connectivity index (χ0v) is 8.89. The highest BCUT2D eigenvalue weighted by atomic mass is 16.3. The molecule has 1 aromatic heterocycles. The molecule has 2 aromatic rings. The molecule has 0 amide bonds. The maximum absolute atomic E-state index is 8.77. The van der Waals surface area contributed by atoms with Gasteiger partial charge in [0.1, 0.15) is 6.26 Å². The van der Waals surface area contributed by atoms with Gasteiger partial charge in [0.25, 0.3) is 0 Å². The molecule has 4 heteroatoms. The average molecular weight is 218 g/mol. The predicted octanol–water partition coefficient (Wildman–Crippen LogP) is 1.34. The Morgan fingerprint density at radius 3 is 2.62 bits per heavy atom. The van der Waals surface area contributed by atoms with Crippen LogP contribution >= 0.6 is 0 Å². The van der Waals surface area contributed by atoms with E-state index in [0.29, 0.717) is 18.9 Å². The van der Waals surface area contributed by atoms with Gasteiger partial charge in [-0.1, -0.05) is 12.1 Å². The molecule has 3 N–H and O–H groups in total. The van der Waals surface area contributed by atoms with E-state index in [9.17, 15) is 0 Å². The van der Waals surface area contributed by atoms with E-state index in [1.54, 1.807) is 6.26 Å². The summed E-state index contributed by atoms with van der Waals surface area (Å²) in [5, 5.41) is 8.77. The summed E-state index contributed by atoms with van der Waals surface area (Å²) in [6.45, 7) is 0.611. The van der Waals surface area contributed by atoms with Crippen molar-refractivity contribution >= 4 is 0 Å². The normalized spacial score (nSPS) is 10.6. The molecule has 0 spiro atoms. The second-order valence-corrected chi connectivity index (χ2v) is 3.52. The maximum Gasteiger partial charge on any atom is 0.226 e. The van der Waals surface area contributed by atoms with Crippen LogP contribution in [-0.4, -0.2) is 16.7 Å². The number of hydrogen-bond acceptors (Lipinski definition) is 4. The zero-order valence-electron chi connectivity index (χ0n) is 8.89. The Morgan fingerprint density at radius 1 is 1.25 bits per heavy atom. The number of benzene rings is 1. The molecule has 0 atom stereocenters. The number of hydrogen-bond donors (Lipinski definition) is 2. The number of nitrogens with two attached hydrogens (primary N) is 1. The molecule has 1 aromatic carbocycles. The van der Waals surface area contributed by atoms with E-state index < -0.39 is 0 Å². The van der Waals surface area contributed by atoms with Gasteiger partial charge in [0, 0.05) is 25.1 Å². The van der Waals surface area contributed by atoms with Crippen molar-refractivity contribution in [2.75, 3.05) is 6.61 Å².